The van der Waals surface area contributed by atoms with Crippen LogP contribution in [0.25, 0.3) is 5.69 Å². The molecule has 6 nitrogen and oxygen atoms in total. The molecule has 2 rings (SSSR count). The van der Waals surface area contributed by atoms with E-state index in [1.165, 1.54) is 0 Å². The van der Waals surface area contributed by atoms with Gasteiger partial charge in [0.2, 0.25) is 5.95 Å². The van der Waals surface area contributed by atoms with Crippen LogP contribution in [0.5, 0.6) is 0 Å². The Morgan fingerprint density at radius 2 is 2.05 bits per heavy atom. The van der Waals surface area contributed by atoms with Crippen molar-refractivity contribution < 1.29 is 0 Å². The Morgan fingerprint density at radius 1 is 1.32 bits per heavy atom. The van der Waals surface area contributed by atoms with E-state index in [9.17, 15) is 0 Å². The maximum absolute atomic E-state index is 4.11. The first-order chi connectivity index (χ1) is 9.22. The first kappa shape index (κ1) is 13.5. The number of hydrogen-bond acceptors (Lipinski definition) is 5. The van der Waals surface area contributed by atoms with Crippen molar-refractivity contribution in [3.8, 4) is 5.69 Å². The molecule has 0 aliphatic rings. The first-order valence-corrected chi connectivity index (χ1v) is 6.42. The Kier molecular flexibility index (Phi) is 4.46. The average Bonchev–Trinajstić information content (AvgIpc) is 2.89. The number of anilines is 1. The number of nitrogens with one attached hydrogen (secondary N) is 1. The molecule has 0 aliphatic carbocycles. The molecule has 1 heterocycles. The fourth-order valence-corrected chi connectivity index (χ4v) is 2.12. The zero-order chi connectivity index (χ0) is 13.7. The minimum Gasteiger partial charge on any atom is -0.342 e. The maximum atomic E-state index is 4.11. The topological polar surface area (TPSA) is 58.9 Å². The summed E-state index contributed by atoms with van der Waals surface area (Å²) in [4.78, 5) is 2.08. The third-order valence-electron chi connectivity index (χ3n) is 2.93. The molecular weight excluding hydrogens is 240 g/mol. The molecule has 1 atom stereocenters. The van der Waals surface area contributed by atoms with Crippen molar-refractivity contribution >= 4 is 5.95 Å². The molecule has 1 aromatic heterocycles. The van der Waals surface area contributed by atoms with Gasteiger partial charge < -0.3 is 10.2 Å². The van der Waals surface area contributed by atoms with Crippen LogP contribution in [0.3, 0.4) is 0 Å². The minimum atomic E-state index is 0.524. The van der Waals surface area contributed by atoms with Crippen molar-refractivity contribution in [3.05, 3.63) is 30.3 Å². The second-order valence-electron chi connectivity index (χ2n) is 4.77. The number of tetrazole rings is 1. The Balaban J connectivity index is 2.15. The summed E-state index contributed by atoms with van der Waals surface area (Å²) in [5.74, 6) is 1.28. The monoisotopic (exact) mass is 260 g/mol. The van der Waals surface area contributed by atoms with Gasteiger partial charge in [0.15, 0.2) is 0 Å². The van der Waals surface area contributed by atoms with E-state index in [0.717, 1.165) is 24.7 Å². The summed E-state index contributed by atoms with van der Waals surface area (Å²) in [5, 5.41) is 15.1. The average molecular weight is 260 g/mol. The number of nitrogens with zero attached hydrogens (tertiary/aromatic N) is 5. The Bertz CT molecular complexity index is 495. The SMILES string of the molecule is CNCC(C)CN(C)c1nnnn1-c1ccccc1. The number of rotatable bonds is 6. The Morgan fingerprint density at radius 3 is 2.74 bits per heavy atom. The minimum absolute atomic E-state index is 0.524. The van der Waals surface area contributed by atoms with E-state index in [4.69, 9.17) is 0 Å². The van der Waals surface area contributed by atoms with Crippen molar-refractivity contribution in [1.82, 2.24) is 25.5 Å². The highest BCUT2D eigenvalue weighted by Crippen LogP contribution is 2.14. The van der Waals surface area contributed by atoms with Gasteiger partial charge in [0.1, 0.15) is 0 Å². The van der Waals surface area contributed by atoms with Crippen LogP contribution >= 0.6 is 0 Å². The quantitative estimate of drug-likeness (QED) is 0.838. The molecule has 0 fully saturated rings. The zero-order valence-electron chi connectivity index (χ0n) is 11.6. The van der Waals surface area contributed by atoms with Crippen molar-refractivity contribution in [2.45, 2.75) is 6.92 Å². The lowest BCUT2D eigenvalue weighted by Crippen LogP contribution is -2.31. The second-order valence-corrected chi connectivity index (χ2v) is 4.77. The summed E-state index contributed by atoms with van der Waals surface area (Å²) in [7, 11) is 3.97. The van der Waals surface area contributed by atoms with Crippen molar-refractivity contribution in [3.63, 3.8) is 0 Å². The zero-order valence-corrected chi connectivity index (χ0v) is 11.6. The highest BCUT2D eigenvalue weighted by molar-refractivity contribution is 5.39. The number of aromatic nitrogens is 4. The number of hydrogen-bond donors (Lipinski definition) is 1. The van der Waals surface area contributed by atoms with Crippen LogP contribution in [0, 0.1) is 5.92 Å². The van der Waals surface area contributed by atoms with Crippen LogP contribution in [-0.2, 0) is 0 Å². The molecule has 0 bridgehead atoms. The summed E-state index contributed by atoms with van der Waals surface area (Å²) in [5.41, 5.74) is 0.968. The van der Waals surface area contributed by atoms with Crippen LogP contribution < -0.4 is 10.2 Å². The molecule has 1 N–H and O–H groups in total. The Hall–Kier alpha value is -1.95. The number of para-hydroxylation sites is 1. The highest BCUT2D eigenvalue weighted by atomic mass is 15.6. The van der Waals surface area contributed by atoms with Gasteiger partial charge in [0.05, 0.1) is 5.69 Å². The van der Waals surface area contributed by atoms with E-state index in [2.05, 4.69) is 32.7 Å². The molecule has 0 saturated heterocycles. The smallest absolute Gasteiger partial charge is 0.250 e. The van der Waals surface area contributed by atoms with Crippen LogP contribution in [0.4, 0.5) is 5.95 Å². The highest BCUT2D eigenvalue weighted by Gasteiger charge is 2.14. The van der Waals surface area contributed by atoms with Crippen molar-refractivity contribution in [1.29, 1.82) is 0 Å². The first-order valence-electron chi connectivity index (χ1n) is 6.42. The molecule has 6 heteroatoms. The molecule has 102 valence electrons. The lowest BCUT2D eigenvalue weighted by Gasteiger charge is -2.21. The molecule has 1 unspecified atom stereocenters. The van der Waals surface area contributed by atoms with E-state index < -0.39 is 0 Å². The number of benzene rings is 1. The molecule has 0 radical (unpaired) electrons. The molecule has 0 spiro atoms. The predicted octanol–water partition coefficient (Wildman–Crippen LogP) is 0.954. The maximum Gasteiger partial charge on any atom is 0.250 e. The van der Waals surface area contributed by atoms with Gasteiger partial charge in [-0.1, -0.05) is 30.2 Å². The van der Waals surface area contributed by atoms with E-state index in [0.29, 0.717) is 5.92 Å². The van der Waals surface area contributed by atoms with Gasteiger partial charge in [0, 0.05) is 13.6 Å². The van der Waals surface area contributed by atoms with Gasteiger partial charge in [-0.3, -0.25) is 0 Å². The Labute approximate surface area is 113 Å². The van der Waals surface area contributed by atoms with Crippen molar-refractivity contribution in [2.24, 2.45) is 5.92 Å². The normalized spacial score (nSPS) is 12.4. The van der Waals surface area contributed by atoms with Crippen molar-refractivity contribution in [2.75, 3.05) is 32.1 Å². The van der Waals surface area contributed by atoms with E-state index in [1.54, 1.807) is 4.68 Å². The predicted molar refractivity (Wildman–Crippen MR) is 75.5 cm³/mol. The van der Waals surface area contributed by atoms with E-state index >= 15 is 0 Å². The van der Waals surface area contributed by atoms with Gasteiger partial charge in [-0.2, -0.15) is 4.68 Å². The molecule has 2 aromatic rings. The lowest BCUT2D eigenvalue weighted by molar-refractivity contribution is 0.537. The molecule has 0 saturated carbocycles. The van der Waals surface area contributed by atoms with Crippen LogP contribution in [0.1, 0.15) is 6.92 Å². The van der Waals surface area contributed by atoms with Gasteiger partial charge >= 0.3 is 0 Å². The van der Waals surface area contributed by atoms with Gasteiger partial charge in [-0.25, -0.2) is 0 Å². The summed E-state index contributed by atoms with van der Waals surface area (Å²) in [6.07, 6.45) is 0. The van der Waals surface area contributed by atoms with Crippen LogP contribution in [0.15, 0.2) is 30.3 Å². The van der Waals surface area contributed by atoms with Gasteiger partial charge in [0.25, 0.3) is 0 Å². The summed E-state index contributed by atoms with van der Waals surface area (Å²) >= 11 is 0. The molecule has 0 amide bonds. The van der Waals surface area contributed by atoms with Crippen LogP contribution in [0.2, 0.25) is 0 Å². The molecular formula is C13H20N6. The lowest BCUT2D eigenvalue weighted by atomic mass is 10.2. The molecule has 1 aromatic carbocycles. The largest absolute Gasteiger partial charge is 0.342 e. The third-order valence-corrected chi connectivity index (χ3v) is 2.93. The van der Waals surface area contributed by atoms with E-state index in [-0.39, 0.29) is 0 Å². The molecule has 0 aliphatic heterocycles. The summed E-state index contributed by atoms with van der Waals surface area (Å²) < 4.78 is 1.76. The fourth-order valence-electron chi connectivity index (χ4n) is 2.12. The second kappa shape index (κ2) is 6.29. The summed E-state index contributed by atoms with van der Waals surface area (Å²) in [6.45, 7) is 4.06. The fraction of sp³-hybridized carbons (Fsp3) is 0.462. The summed E-state index contributed by atoms with van der Waals surface area (Å²) in [6, 6.07) is 9.91. The third kappa shape index (κ3) is 3.29. The van der Waals surface area contributed by atoms with Gasteiger partial charge in [-0.05, 0) is 42.1 Å². The molecule has 19 heavy (non-hydrogen) atoms. The van der Waals surface area contributed by atoms with Crippen LogP contribution in [-0.4, -0.2) is 47.4 Å². The van der Waals surface area contributed by atoms with E-state index in [1.807, 2.05) is 44.4 Å². The standard InChI is InChI=1S/C13H20N6/c1-11(9-14-2)10-18(3)13-15-16-17-19(13)12-7-5-4-6-8-12/h4-8,11,14H,9-10H2,1-3H3. The van der Waals surface area contributed by atoms with Gasteiger partial charge in [-0.15, -0.1) is 0 Å².